The van der Waals surface area contributed by atoms with E-state index in [4.69, 9.17) is 4.98 Å². The lowest BCUT2D eigenvalue weighted by Gasteiger charge is -2.03. The molecule has 0 aromatic carbocycles. The highest BCUT2D eigenvalue weighted by molar-refractivity contribution is 7.19. The third-order valence-electron chi connectivity index (χ3n) is 4.34. The van der Waals surface area contributed by atoms with E-state index in [0.717, 1.165) is 32.1 Å². The van der Waals surface area contributed by atoms with Gasteiger partial charge < -0.3 is 9.55 Å². The number of hydrogen-bond donors (Lipinski definition) is 2. The zero-order valence-electron chi connectivity index (χ0n) is 13.8. The van der Waals surface area contributed by atoms with Crippen molar-refractivity contribution in [2.75, 3.05) is 0 Å². The molecule has 130 valence electrons. The van der Waals surface area contributed by atoms with Crippen LogP contribution in [0.1, 0.15) is 16.4 Å². The topological polar surface area (TPSA) is 110 Å². The number of fused-ring (bicyclic) bond motifs is 3. The number of imidazole rings is 1. The minimum atomic E-state index is -0.139. The number of aromatic amines is 2. The summed E-state index contributed by atoms with van der Waals surface area (Å²) in [7, 11) is 1.87. The predicted octanol–water partition coefficient (Wildman–Crippen LogP) is 1.43. The molecule has 0 fully saturated rings. The minimum absolute atomic E-state index is 0.139. The smallest absolute Gasteiger partial charge is 0.291 e. The second kappa shape index (κ2) is 5.63. The highest BCUT2D eigenvalue weighted by atomic mass is 32.1. The minimum Gasteiger partial charge on any atom is -0.347 e. The molecule has 0 unspecified atom stereocenters. The van der Waals surface area contributed by atoms with Crippen LogP contribution in [0.25, 0.3) is 21.3 Å². The Hall–Kier alpha value is -3.27. The van der Waals surface area contributed by atoms with Crippen molar-refractivity contribution in [3.63, 3.8) is 0 Å². The number of hydrogen-bond acceptors (Lipinski definition) is 6. The van der Waals surface area contributed by atoms with Crippen molar-refractivity contribution in [2.45, 2.75) is 13.0 Å². The van der Waals surface area contributed by atoms with Gasteiger partial charge in [-0.25, -0.2) is 14.6 Å². The Kier molecular flexibility index (Phi) is 3.25. The van der Waals surface area contributed by atoms with Crippen LogP contribution in [0.5, 0.6) is 0 Å². The van der Waals surface area contributed by atoms with Crippen LogP contribution < -0.4 is 5.56 Å². The molecule has 0 saturated heterocycles. The van der Waals surface area contributed by atoms with E-state index < -0.39 is 0 Å². The van der Waals surface area contributed by atoms with Crippen LogP contribution in [0.4, 0.5) is 0 Å². The molecule has 5 aromatic heterocycles. The fourth-order valence-electron chi connectivity index (χ4n) is 3.10. The maximum Gasteiger partial charge on any atom is 0.291 e. The van der Waals surface area contributed by atoms with Crippen molar-refractivity contribution in [1.29, 1.82) is 0 Å². The molecular formula is C16H14N8OS. The highest BCUT2D eigenvalue weighted by Crippen LogP contribution is 2.31. The quantitative estimate of drug-likeness (QED) is 0.500. The molecule has 0 aliphatic carbocycles. The third-order valence-corrected chi connectivity index (χ3v) is 5.42. The van der Waals surface area contributed by atoms with Gasteiger partial charge in [0.05, 0.1) is 29.5 Å². The Morgan fingerprint density at radius 1 is 1.27 bits per heavy atom. The van der Waals surface area contributed by atoms with E-state index >= 15 is 0 Å². The Labute approximate surface area is 150 Å². The normalized spacial score (nSPS) is 11.7. The maximum absolute atomic E-state index is 12.9. The summed E-state index contributed by atoms with van der Waals surface area (Å²) in [6.45, 7) is 0.353. The number of aryl methyl sites for hydroxylation is 1. The summed E-state index contributed by atoms with van der Waals surface area (Å²) in [5.74, 6) is 0. The van der Waals surface area contributed by atoms with Gasteiger partial charge in [0.2, 0.25) is 0 Å². The summed E-state index contributed by atoms with van der Waals surface area (Å²) in [5, 5.41) is 13.1. The molecule has 0 aliphatic heterocycles. The van der Waals surface area contributed by atoms with E-state index in [2.05, 4.69) is 25.3 Å². The summed E-state index contributed by atoms with van der Waals surface area (Å²) >= 11 is 1.58. The van der Waals surface area contributed by atoms with E-state index in [0.29, 0.717) is 18.5 Å². The number of nitrogens with zero attached hydrogens (tertiary/aromatic N) is 6. The van der Waals surface area contributed by atoms with Crippen LogP contribution in [0, 0.1) is 0 Å². The van der Waals surface area contributed by atoms with Gasteiger partial charge in [-0.05, 0) is 6.07 Å². The first-order valence-electron chi connectivity index (χ1n) is 8.00. The second-order valence-electron chi connectivity index (χ2n) is 6.02. The Balaban J connectivity index is 1.62. The van der Waals surface area contributed by atoms with Crippen molar-refractivity contribution in [2.24, 2.45) is 7.05 Å². The fraction of sp³-hybridized carbons (Fsp3) is 0.188. The van der Waals surface area contributed by atoms with Gasteiger partial charge in [0, 0.05) is 36.9 Å². The van der Waals surface area contributed by atoms with Gasteiger partial charge in [-0.15, -0.1) is 11.3 Å². The Morgan fingerprint density at radius 3 is 2.96 bits per heavy atom. The number of rotatable bonds is 4. The van der Waals surface area contributed by atoms with E-state index in [1.807, 2.05) is 17.7 Å². The molecule has 10 heteroatoms. The summed E-state index contributed by atoms with van der Waals surface area (Å²) in [4.78, 5) is 24.6. The van der Waals surface area contributed by atoms with E-state index in [-0.39, 0.29) is 5.56 Å². The average molecular weight is 366 g/mol. The fourth-order valence-corrected chi connectivity index (χ4v) is 4.23. The molecule has 0 bridgehead atoms. The predicted molar refractivity (Wildman–Crippen MR) is 97.2 cm³/mol. The lowest BCUT2D eigenvalue weighted by atomic mass is 10.3. The molecule has 5 heterocycles. The maximum atomic E-state index is 12.9. The SMILES string of the molecule is Cn1c2nc(Cc3ccn[nH]3)sc2c2cnn(Cc3cnc[nH]3)c(=O)c21. The van der Waals surface area contributed by atoms with Crippen LogP contribution in [0.15, 0.2) is 35.8 Å². The van der Waals surface area contributed by atoms with E-state index in [9.17, 15) is 4.79 Å². The van der Waals surface area contributed by atoms with E-state index in [1.165, 1.54) is 4.68 Å². The van der Waals surface area contributed by atoms with Crippen molar-refractivity contribution < 1.29 is 0 Å². The molecule has 0 saturated carbocycles. The lowest BCUT2D eigenvalue weighted by molar-refractivity contribution is 0.635. The average Bonchev–Trinajstić information content (AvgIpc) is 3.39. The molecule has 0 amide bonds. The molecule has 5 rings (SSSR count). The monoisotopic (exact) mass is 366 g/mol. The summed E-state index contributed by atoms with van der Waals surface area (Å²) in [6.07, 6.45) is 7.43. The summed E-state index contributed by atoms with van der Waals surface area (Å²) in [6, 6.07) is 1.93. The molecule has 0 aliphatic rings. The molecule has 0 radical (unpaired) electrons. The van der Waals surface area contributed by atoms with Gasteiger partial charge in [-0.2, -0.15) is 10.2 Å². The summed E-state index contributed by atoms with van der Waals surface area (Å²) < 4.78 is 4.27. The van der Waals surface area contributed by atoms with Gasteiger partial charge in [-0.1, -0.05) is 0 Å². The lowest BCUT2D eigenvalue weighted by Crippen LogP contribution is -2.24. The second-order valence-corrected chi connectivity index (χ2v) is 7.11. The van der Waals surface area contributed by atoms with Crippen molar-refractivity contribution in [3.8, 4) is 0 Å². The van der Waals surface area contributed by atoms with Crippen LogP contribution in [-0.4, -0.2) is 39.5 Å². The van der Waals surface area contributed by atoms with Gasteiger partial charge >= 0.3 is 0 Å². The standard InChI is InChI=1S/C16H14N8OS/c1-23-13-11(6-20-24(16(13)25)7-10-5-17-8-18-10)14-15(23)21-12(26-14)4-9-2-3-19-22-9/h2-3,5-6,8H,4,7H2,1H3,(H,17,18)(H,19,22). The molecule has 26 heavy (non-hydrogen) atoms. The Bertz CT molecular complexity index is 1260. The zero-order valence-corrected chi connectivity index (χ0v) is 14.6. The Morgan fingerprint density at radius 2 is 2.19 bits per heavy atom. The van der Waals surface area contributed by atoms with Crippen LogP contribution in [0.2, 0.25) is 0 Å². The van der Waals surface area contributed by atoms with Crippen LogP contribution in [-0.2, 0) is 20.0 Å². The number of thiazole rings is 1. The van der Waals surface area contributed by atoms with Crippen molar-refractivity contribution in [3.05, 3.63) is 57.7 Å². The van der Waals surface area contributed by atoms with E-state index in [1.54, 1.807) is 36.3 Å². The highest BCUT2D eigenvalue weighted by Gasteiger charge is 2.18. The van der Waals surface area contributed by atoms with Crippen molar-refractivity contribution >= 4 is 32.6 Å². The number of aromatic nitrogens is 8. The van der Waals surface area contributed by atoms with Crippen LogP contribution >= 0.6 is 11.3 Å². The van der Waals surface area contributed by atoms with Gasteiger partial charge in [0.1, 0.15) is 10.5 Å². The number of nitrogens with one attached hydrogen (secondary N) is 2. The molecular weight excluding hydrogens is 352 g/mol. The molecule has 0 spiro atoms. The number of H-pyrrole nitrogens is 2. The molecule has 2 N–H and O–H groups in total. The first-order chi connectivity index (χ1) is 12.7. The van der Waals surface area contributed by atoms with Crippen molar-refractivity contribution in [1.82, 2.24) is 39.5 Å². The summed E-state index contributed by atoms with van der Waals surface area (Å²) in [5.41, 5.74) is 3.11. The molecule has 9 nitrogen and oxygen atoms in total. The first kappa shape index (κ1) is 15.0. The molecule has 0 atom stereocenters. The van der Waals surface area contributed by atoms with Gasteiger partial charge in [-0.3, -0.25) is 9.89 Å². The molecule has 5 aromatic rings. The van der Waals surface area contributed by atoms with Gasteiger partial charge in [0.15, 0.2) is 5.65 Å². The third kappa shape index (κ3) is 2.26. The largest absolute Gasteiger partial charge is 0.347 e. The zero-order chi connectivity index (χ0) is 17.7. The first-order valence-corrected chi connectivity index (χ1v) is 8.82. The van der Waals surface area contributed by atoms with Gasteiger partial charge in [0.25, 0.3) is 5.56 Å². The van der Waals surface area contributed by atoms with Crippen LogP contribution in [0.3, 0.4) is 0 Å².